The second-order valence-electron chi connectivity index (χ2n) is 5.74. The number of aromatic nitrogens is 2. The van der Waals surface area contributed by atoms with E-state index in [-0.39, 0.29) is 12.1 Å². The molecule has 2 amide bonds. The van der Waals surface area contributed by atoms with Gasteiger partial charge < -0.3 is 15.0 Å². The quantitative estimate of drug-likeness (QED) is 0.699. The largest absolute Gasteiger partial charge is 0.338 e. The van der Waals surface area contributed by atoms with Crippen LogP contribution in [0.2, 0.25) is 10.0 Å². The average Bonchev–Trinajstić information content (AvgIpc) is 2.97. The lowest BCUT2D eigenvalue weighted by Gasteiger charge is -2.16. The van der Waals surface area contributed by atoms with Gasteiger partial charge in [0.15, 0.2) is 0 Å². The molecule has 7 heteroatoms. The Hall–Kier alpha value is -2.24. The van der Waals surface area contributed by atoms with E-state index >= 15 is 0 Å². The summed E-state index contributed by atoms with van der Waals surface area (Å²) in [5.74, 6) is 0. The number of carbonyl (C=O) groups is 1. The number of fused-ring (bicyclic) bond motifs is 1. The topological polar surface area (TPSA) is 58.4 Å². The Labute approximate surface area is 156 Å². The number of hydrogen-bond acceptors (Lipinski definition) is 2. The van der Waals surface area contributed by atoms with Gasteiger partial charge in [-0.05, 0) is 36.8 Å². The summed E-state index contributed by atoms with van der Waals surface area (Å²) >= 11 is 12.1. The van der Waals surface area contributed by atoms with E-state index in [9.17, 15) is 4.79 Å². The molecule has 2 heterocycles. The predicted octanol–water partition coefficient (Wildman–Crippen LogP) is 4.24. The third-order valence-electron chi connectivity index (χ3n) is 3.86. The molecule has 0 aliphatic carbocycles. The fourth-order valence-electron chi connectivity index (χ4n) is 2.59. The smallest absolute Gasteiger partial charge is 0.315 e. The van der Waals surface area contributed by atoms with Crippen LogP contribution in [0.25, 0.3) is 5.65 Å². The van der Waals surface area contributed by atoms with Gasteiger partial charge in [0.1, 0.15) is 5.65 Å². The summed E-state index contributed by atoms with van der Waals surface area (Å²) in [4.78, 5) is 16.5. The fraction of sp³-hybridized carbons (Fsp3) is 0.222. The molecule has 0 spiro atoms. The minimum Gasteiger partial charge on any atom is -0.338 e. The minimum atomic E-state index is -0.248. The third-order valence-corrected chi connectivity index (χ3v) is 4.42. The summed E-state index contributed by atoms with van der Waals surface area (Å²) in [6, 6.07) is 10.6. The standard InChI is InChI=1S/C18H18Cl2N4O/c1-12(15-6-5-13(19)10-16(15)20)22-18(25)21-8-7-14-11-24-9-3-2-4-17(24)23-14/h2-6,9-12H,7-8H2,1H3,(H2,21,22,25)/t12-/m1/s1. The molecule has 1 aromatic carbocycles. The fourth-order valence-corrected chi connectivity index (χ4v) is 3.16. The van der Waals surface area contributed by atoms with E-state index in [1.165, 1.54) is 0 Å². The Bertz CT molecular complexity index is 861. The number of hydrogen-bond donors (Lipinski definition) is 2. The van der Waals surface area contributed by atoms with Gasteiger partial charge in [-0.25, -0.2) is 9.78 Å². The van der Waals surface area contributed by atoms with Gasteiger partial charge in [-0.1, -0.05) is 35.3 Å². The predicted molar refractivity (Wildman–Crippen MR) is 100 cm³/mol. The van der Waals surface area contributed by atoms with Crippen LogP contribution >= 0.6 is 23.2 Å². The van der Waals surface area contributed by atoms with Gasteiger partial charge in [-0.15, -0.1) is 0 Å². The molecule has 2 N–H and O–H groups in total. The number of carbonyl (C=O) groups excluding carboxylic acids is 1. The van der Waals surface area contributed by atoms with E-state index in [2.05, 4.69) is 15.6 Å². The Morgan fingerprint density at radius 2 is 2.12 bits per heavy atom. The van der Waals surface area contributed by atoms with Crippen LogP contribution in [-0.4, -0.2) is 22.0 Å². The number of rotatable bonds is 5. The lowest BCUT2D eigenvalue weighted by atomic mass is 10.1. The maximum atomic E-state index is 12.1. The van der Waals surface area contributed by atoms with E-state index in [0.29, 0.717) is 23.0 Å². The van der Waals surface area contributed by atoms with Crippen molar-refractivity contribution in [3.63, 3.8) is 0 Å². The SMILES string of the molecule is C[C@@H](NC(=O)NCCc1cn2ccccc2n1)c1ccc(Cl)cc1Cl. The molecule has 3 aromatic rings. The molecule has 3 rings (SSSR count). The number of nitrogens with zero attached hydrogens (tertiary/aromatic N) is 2. The van der Waals surface area contributed by atoms with Crippen LogP contribution in [0.5, 0.6) is 0 Å². The van der Waals surface area contributed by atoms with Crippen LogP contribution < -0.4 is 10.6 Å². The minimum absolute atomic E-state index is 0.222. The van der Waals surface area contributed by atoms with Gasteiger partial charge in [0.2, 0.25) is 0 Å². The second kappa shape index (κ2) is 7.76. The molecule has 0 saturated carbocycles. The van der Waals surface area contributed by atoms with Crippen molar-refractivity contribution in [3.8, 4) is 0 Å². The number of urea groups is 1. The van der Waals surface area contributed by atoms with Gasteiger partial charge >= 0.3 is 6.03 Å². The van der Waals surface area contributed by atoms with Crippen LogP contribution in [0.15, 0.2) is 48.8 Å². The molecule has 0 aliphatic heterocycles. The maximum Gasteiger partial charge on any atom is 0.315 e. The van der Waals surface area contributed by atoms with Crippen molar-refractivity contribution >= 4 is 34.9 Å². The first-order valence-corrected chi connectivity index (χ1v) is 8.70. The molecule has 0 bridgehead atoms. The summed E-state index contributed by atoms with van der Waals surface area (Å²) in [5.41, 5.74) is 2.65. The van der Waals surface area contributed by atoms with Gasteiger partial charge in [0.05, 0.1) is 11.7 Å². The Kier molecular flexibility index (Phi) is 5.46. The van der Waals surface area contributed by atoms with Gasteiger partial charge in [-0.3, -0.25) is 0 Å². The summed E-state index contributed by atoms with van der Waals surface area (Å²) in [5, 5.41) is 6.80. The maximum absolute atomic E-state index is 12.1. The van der Waals surface area contributed by atoms with Gasteiger partial charge in [0.25, 0.3) is 0 Å². The molecule has 2 aromatic heterocycles. The average molecular weight is 377 g/mol. The van der Waals surface area contributed by atoms with Gasteiger partial charge in [-0.2, -0.15) is 0 Å². The van der Waals surface area contributed by atoms with Gasteiger partial charge in [0, 0.05) is 35.4 Å². The molecule has 1 atom stereocenters. The molecule has 5 nitrogen and oxygen atoms in total. The Morgan fingerprint density at radius 3 is 2.88 bits per heavy atom. The number of benzene rings is 1. The highest BCUT2D eigenvalue weighted by molar-refractivity contribution is 6.35. The Morgan fingerprint density at radius 1 is 1.28 bits per heavy atom. The third kappa shape index (κ3) is 4.44. The first-order chi connectivity index (χ1) is 12.0. The molecule has 0 aliphatic rings. The van der Waals surface area contributed by atoms with Crippen molar-refractivity contribution in [1.82, 2.24) is 20.0 Å². The van der Waals surface area contributed by atoms with Crippen molar-refractivity contribution in [1.29, 1.82) is 0 Å². The van der Waals surface area contributed by atoms with Crippen LogP contribution in [0, 0.1) is 0 Å². The number of amides is 2. The first kappa shape index (κ1) is 17.6. The second-order valence-corrected chi connectivity index (χ2v) is 6.58. The summed E-state index contributed by atoms with van der Waals surface area (Å²) in [6.45, 7) is 2.37. The molecule has 0 radical (unpaired) electrons. The van der Waals surface area contributed by atoms with Crippen molar-refractivity contribution < 1.29 is 4.79 Å². The van der Waals surface area contributed by atoms with Crippen molar-refractivity contribution in [3.05, 3.63) is 70.1 Å². The molecular weight excluding hydrogens is 359 g/mol. The Balaban J connectivity index is 1.50. The number of nitrogens with one attached hydrogen (secondary N) is 2. The molecule has 130 valence electrons. The first-order valence-electron chi connectivity index (χ1n) is 7.95. The highest BCUT2D eigenvalue weighted by atomic mass is 35.5. The zero-order valence-corrected chi connectivity index (χ0v) is 15.2. The highest BCUT2D eigenvalue weighted by Gasteiger charge is 2.12. The highest BCUT2D eigenvalue weighted by Crippen LogP contribution is 2.25. The van der Waals surface area contributed by atoms with Crippen LogP contribution in [0.4, 0.5) is 4.79 Å². The van der Waals surface area contributed by atoms with Crippen LogP contribution in [0.1, 0.15) is 24.2 Å². The normalized spacial score (nSPS) is 12.1. The monoisotopic (exact) mass is 376 g/mol. The van der Waals surface area contributed by atoms with E-state index < -0.39 is 0 Å². The summed E-state index contributed by atoms with van der Waals surface area (Å²) in [7, 11) is 0. The van der Waals surface area contributed by atoms with E-state index in [4.69, 9.17) is 23.2 Å². The van der Waals surface area contributed by atoms with Crippen molar-refractivity contribution in [2.75, 3.05) is 6.54 Å². The number of halogens is 2. The van der Waals surface area contributed by atoms with Crippen molar-refractivity contribution in [2.45, 2.75) is 19.4 Å². The zero-order chi connectivity index (χ0) is 17.8. The zero-order valence-electron chi connectivity index (χ0n) is 13.7. The van der Waals surface area contributed by atoms with E-state index in [0.717, 1.165) is 16.9 Å². The molecule has 25 heavy (non-hydrogen) atoms. The molecule has 0 unspecified atom stereocenters. The molecular formula is C18H18Cl2N4O. The molecule has 0 fully saturated rings. The van der Waals surface area contributed by atoms with Crippen LogP contribution in [-0.2, 0) is 6.42 Å². The number of imidazole rings is 1. The van der Waals surface area contributed by atoms with E-state index in [1.54, 1.807) is 12.1 Å². The van der Waals surface area contributed by atoms with Crippen molar-refractivity contribution in [2.24, 2.45) is 0 Å². The molecule has 0 saturated heterocycles. The number of pyridine rings is 1. The lowest BCUT2D eigenvalue weighted by Crippen LogP contribution is -2.38. The van der Waals surface area contributed by atoms with E-state index in [1.807, 2.05) is 48.0 Å². The summed E-state index contributed by atoms with van der Waals surface area (Å²) < 4.78 is 1.96. The summed E-state index contributed by atoms with van der Waals surface area (Å²) in [6.07, 6.45) is 4.57. The van der Waals surface area contributed by atoms with Crippen LogP contribution in [0.3, 0.4) is 0 Å². The lowest BCUT2D eigenvalue weighted by molar-refractivity contribution is 0.238.